The highest BCUT2D eigenvalue weighted by Gasteiger charge is 1.97. The summed E-state index contributed by atoms with van der Waals surface area (Å²) in [6.07, 6.45) is 18.0. The SMILES string of the molecule is CCCCCC/C=C\CCCCCCCC([O])=O. The van der Waals surface area contributed by atoms with Crippen molar-refractivity contribution in [1.82, 2.24) is 0 Å². The van der Waals surface area contributed by atoms with Gasteiger partial charge in [-0.3, -0.25) is 0 Å². The molecule has 18 heavy (non-hydrogen) atoms. The van der Waals surface area contributed by atoms with E-state index in [-0.39, 0.29) is 6.42 Å². The molecule has 0 heterocycles. The smallest absolute Gasteiger partial charge is 0.247 e. The maximum Gasteiger partial charge on any atom is 0.355 e. The van der Waals surface area contributed by atoms with E-state index in [4.69, 9.17) is 0 Å². The van der Waals surface area contributed by atoms with Gasteiger partial charge in [0.15, 0.2) is 0 Å². The van der Waals surface area contributed by atoms with Crippen molar-refractivity contribution in [2.45, 2.75) is 84.0 Å². The van der Waals surface area contributed by atoms with Gasteiger partial charge in [-0.1, -0.05) is 57.6 Å². The molecule has 0 atom stereocenters. The summed E-state index contributed by atoms with van der Waals surface area (Å²) in [7, 11) is 0. The van der Waals surface area contributed by atoms with Gasteiger partial charge in [0.2, 0.25) is 0 Å². The van der Waals surface area contributed by atoms with E-state index >= 15 is 0 Å². The van der Waals surface area contributed by atoms with Crippen LogP contribution in [0.1, 0.15) is 84.0 Å². The molecule has 0 aromatic carbocycles. The normalized spacial score (nSPS) is 11.2. The van der Waals surface area contributed by atoms with Crippen molar-refractivity contribution in [3.05, 3.63) is 12.2 Å². The lowest BCUT2D eigenvalue weighted by atomic mass is 10.1. The van der Waals surface area contributed by atoms with Crippen LogP contribution in [-0.4, -0.2) is 5.97 Å². The summed E-state index contributed by atoms with van der Waals surface area (Å²) < 4.78 is 0. The number of allylic oxidation sites excluding steroid dienone is 2. The van der Waals surface area contributed by atoms with Crippen LogP contribution in [-0.2, 0) is 9.90 Å². The van der Waals surface area contributed by atoms with Crippen LogP contribution in [0.2, 0.25) is 0 Å². The van der Waals surface area contributed by atoms with Gasteiger partial charge in [0.05, 0.1) is 6.42 Å². The van der Waals surface area contributed by atoms with E-state index in [1.807, 2.05) is 0 Å². The zero-order valence-electron chi connectivity index (χ0n) is 12.0. The predicted molar refractivity (Wildman–Crippen MR) is 75.9 cm³/mol. The second-order valence-corrected chi connectivity index (χ2v) is 5.00. The van der Waals surface area contributed by atoms with Crippen molar-refractivity contribution in [3.63, 3.8) is 0 Å². The molecule has 0 amide bonds. The summed E-state index contributed by atoms with van der Waals surface area (Å²) in [5.74, 6) is -0.916. The molecule has 0 rings (SSSR count). The molecule has 0 saturated heterocycles. The Hall–Kier alpha value is -0.790. The Morgan fingerprint density at radius 3 is 1.83 bits per heavy atom. The fourth-order valence-corrected chi connectivity index (χ4v) is 1.99. The maximum atomic E-state index is 10.2. The van der Waals surface area contributed by atoms with Crippen molar-refractivity contribution in [3.8, 4) is 0 Å². The minimum atomic E-state index is -0.916. The first-order valence-electron chi connectivity index (χ1n) is 7.62. The largest absolute Gasteiger partial charge is 0.355 e. The molecular weight excluding hydrogens is 224 g/mol. The summed E-state index contributed by atoms with van der Waals surface area (Å²) in [6.45, 7) is 2.24. The Kier molecular flexibility index (Phi) is 13.6. The van der Waals surface area contributed by atoms with Gasteiger partial charge in [-0.05, 0) is 32.1 Å². The highest BCUT2D eigenvalue weighted by atomic mass is 16.4. The molecule has 0 aromatic rings. The average Bonchev–Trinajstić information content (AvgIpc) is 2.34. The molecule has 0 saturated carbocycles. The van der Waals surface area contributed by atoms with Crippen molar-refractivity contribution in [2.24, 2.45) is 0 Å². The summed E-state index contributed by atoms with van der Waals surface area (Å²) in [5.41, 5.74) is 0. The van der Waals surface area contributed by atoms with Crippen LogP contribution in [0.4, 0.5) is 0 Å². The van der Waals surface area contributed by atoms with Crippen LogP contribution >= 0.6 is 0 Å². The second kappa shape index (κ2) is 14.3. The van der Waals surface area contributed by atoms with Gasteiger partial charge in [0, 0.05) is 0 Å². The van der Waals surface area contributed by atoms with Gasteiger partial charge in [-0.2, -0.15) is 0 Å². The molecule has 0 fully saturated rings. The third kappa shape index (κ3) is 15.2. The molecular formula is C16H29O2. The first-order valence-corrected chi connectivity index (χ1v) is 7.62. The van der Waals surface area contributed by atoms with Crippen LogP contribution in [0.25, 0.3) is 0 Å². The Bertz CT molecular complexity index is 209. The fraction of sp³-hybridized carbons (Fsp3) is 0.812. The Balaban J connectivity index is 3.06. The lowest BCUT2D eigenvalue weighted by molar-refractivity contribution is -0.143. The minimum Gasteiger partial charge on any atom is -0.247 e. The molecule has 2 heteroatoms. The summed E-state index contributed by atoms with van der Waals surface area (Å²) in [5, 5.41) is 10.2. The van der Waals surface area contributed by atoms with Gasteiger partial charge < -0.3 is 0 Å². The summed E-state index contributed by atoms with van der Waals surface area (Å²) in [6, 6.07) is 0. The second-order valence-electron chi connectivity index (χ2n) is 5.00. The molecule has 0 bridgehead atoms. The van der Waals surface area contributed by atoms with Crippen molar-refractivity contribution >= 4 is 5.97 Å². The molecule has 0 N–H and O–H groups in total. The molecule has 0 spiro atoms. The Labute approximate surface area is 112 Å². The van der Waals surface area contributed by atoms with Crippen LogP contribution < -0.4 is 0 Å². The maximum absolute atomic E-state index is 10.2. The highest BCUT2D eigenvalue weighted by Crippen LogP contribution is 2.08. The van der Waals surface area contributed by atoms with Gasteiger partial charge in [-0.25, -0.2) is 9.90 Å². The van der Waals surface area contributed by atoms with E-state index in [1.165, 1.54) is 51.4 Å². The average molecular weight is 253 g/mol. The van der Waals surface area contributed by atoms with Gasteiger partial charge in [0.1, 0.15) is 0 Å². The van der Waals surface area contributed by atoms with Crippen molar-refractivity contribution in [2.75, 3.05) is 0 Å². The molecule has 0 aliphatic heterocycles. The lowest BCUT2D eigenvalue weighted by Crippen LogP contribution is -1.91. The quantitative estimate of drug-likeness (QED) is 0.328. The Morgan fingerprint density at radius 1 is 0.778 bits per heavy atom. The van der Waals surface area contributed by atoms with Gasteiger partial charge in [-0.15, -0.1) is 0 Å². The zero-order valence-corrected chi connectivity index (χ0v) is 12.0. The van der Waals surface area contributed by atoms with E-state index in [1.54, 1.807) is 0 Å². The molecule has 0 unspecified atom stereocenters. The monoisotopic (exact) mass is 253 g/mol. The Morgan fingerprint density at radius 2 is 1.28 bits per heavy atom. The third-order valence-corrected chi connectivity index (χ3v) is 3.14. The van der Waals surface area contributed by atoms with E-state index in [0.717, 1.165) is 19.3 Å². The summed E-state index contributed by atoms with van der Waals surface area (Å²) in [4.78, 5) is 10.2. The van der Waals surface area contributed by atoms with E-state index < -0.39 is 5.97 Å². The topological polar surface area (TPSA) is 37.0 Å². The first kappa shape index (κ1) is 17.2. The number of rotatable bonds is 13. The molecule has 1 radical (unpaired) electrons. The zero-order chi connectivity index (χ0) is 13.5. The van der Waals surface area contributed by atoms with E-state index in [2.05, 4.69) is 19.1 Å². The van der Waals surface area contributed by atoms with Crippen molar-refractivity contribution in [1.29, 1.82) is 0 Å². The van der Waals surface area contributed by atoms with Gasteiger partial charge in [0.25, 0.3) is 0 Å². The van der Waals surface area contributed by atoms with Crippen LogP contribution in [0.15, 0.2) is 12.2 Å². The number of unbranched alkanes of at least 4 members (excludes halogenated alkanes) is 9. The fourth-order valence-electron chi connectivity index (χ4n) is 1.99. The van der Waals surface area contributed by atoms with Crippen LogP contribution in [0.5, 0.6) is 0 Å². The standard InChI is InChI=1S/C16H29O2/c1-2-3-4-5-6-7-8-9-10-11-12-13-14-15-16(17)18/h7-8H,2-6,9-15H2,1H3/b8-7-. The first-order chi connectivity index (χ1) is 8.77. The number of carbonyl (C=O) groups excluding carboxylic acids is 1. The highest BCUT2D eigenvalue weighted by molar-refractivity contribution is 5.66. The molecule has 105 valence electrons. The number of hydrogen-bond acceptors (Lipinski definition) is 1. The molecule has 0 aliphatic rings. The number of carbonyl (C=O) groups is 1. The van der Waals surface area contributed by atoms with Crippen LogP contribution in [0.3, 0.4) is 0 Å². The van der Waals surface area contributed by atoms with Crippen LogP contribution in [0, 0.1) is 0 Å². The van der Waals surface area contributed by atoms with E-state index in [0.29, 0.717) is 0 Å². The third-order valence-electron chi connectivity index (χ3n) is 3.14. The van der Waals surface area contributed by atoms with Gasteiger partial charge >= 0.3 is 5.97 Å². The molecule has 0 aliphatic carbocycles. The predicted octanol–water partition coefficient (Wildman–Crippen LogP) is 5.20. The summed E-state index contributed by atoms with van der Waals surface area (Å²) >= 11 is 0. The number of hydrogen-bond donors (Lipinski definition) is 0. The molecule has 2 nitrogen and oxygen atoms in total. The van der Waals surface area contributed by atoms with E-state index in [9.17, 15) is 9.90 Å². The molecule has 0 aromatic heterocycles. The van der Waals surface area contributed by atoms with Crippen molar-refractivity contribution < 1.29 is 9.90 Å². The minimum absolute atomic E-state index is 0.220. The lowest BCUT2D eigenvalue weighted by Gasteiger charge is -1.98.